The van der Waals surface area contributed by atoms with Gasteiger partial charge in [-0.25, -0.2) is 0 Å². The summed E-state index contributed by atoms with van der Waals surface area (Å²) in [5.74, 6) is 0. The normalized spacial score (nSPS) is 15.7. The average molecular weight is 266 g/mol. The highest BCUT2D eigenvalue weighted by Crippen LogP contribution is 2.35. The number of halogens is 4. The largest absolute Gasteiger partial charge is 0.416 e. The van der Waals surface area contributed by atoms with E-state index in [-0.39, 0.29) is 0 Å². The molecule has 0 aromatic heterocycles. The molecule has 1 N–H and O–H groups in total. The quantitative estimate of drug-likeness (QED) is 0.760. The van der Waals surface area contributed by atoms with Gasteiger partial charge in [-0.15, -0.1) is 0 Å². The number of fused-ring (bicyclic) bond motifs is 1. The van der Waals surface area contributed by atoms with Crippen molar-refractivity contribution in [1.29, 1.82) is 0 Å². The highest BCUT2D eigenvalue weighted by atomic mass is 79.9. The Morgan fingerprint density at radius 2 is 1.93 bits per heavy atom. The summed E-state index contributed by atoms with van der Waals surface area (Å²) in [6, 6.07) is 2.34. The smallest absolute Gasteiger partial charge is 0.309 e. The Balaban J connectivity index is 2.52. The standard InChI is InChI=1S/C9H7BrF3N/c10-8-2-6(9(11,12)13)1-5-3-14-4-7(5)8/h1-2,14H,3-4H2. The Morgan fingerprint density at radius 3 is 2.57 bits per heavy atom. The second-order valence-electron chi connectivity index (χ2n) is 3.20. The molecule has 2 rings (SSSR count). The molecular weight excluding hydrogens is 259 g/mol. The van der Waals surface area contributed by atoms with Crippen LogP contribution in [-0.2, 0) is 19.3 Å². The molecule has 0 unspecified atom stereocenters. The van der Waals surface area contributed by atoms with Crippen molar-refractivity contribution in [2.45, 2.75) is 19.3 Å². The van der Waals surface area contributed by atoms with E-state index in [1.807, 2.05) is 0 Å². The molecule has 1 aliphatic heterocycles. The summed E-state index contributed by atoms with van der Waals surface area (Å²) in [6.45, 7) is 1.14. The first kappa shape index (κ1) is 9.98. The van der Waals surface area contributed by atoms with Gasteiger partial charge in [0, 0.05) is 17.6 Å². The van der Waals surface area contributed by atoms with Crippen LogP contribution < -0.4 is 5.32 Å². The third-order valence-corrected chi connectivity index (χ3v) is 2.94. The van der Waals surface area contributed by atoms with Gasteiger partial charge in [0.05, 0.1) is 5.56 Å². The Morgan fingerprint density at radius 1 is 1.21 bits per heavy atom. The fraction of sp³-hybridized carbons (Fsp3) is 0.333. The van der Waals surface area contributed by atoms with Crippen LogP contribution in [0.2, 0.25) is 0 Å². The molecule has 0 amide bonds. The van der Waals surface area contributed by atoms with Gasteiger partial charge >= 0.3 is 6.18 Å². The van der Waals surface area contributed by atoms with E-state index in [1.54, 1.807) is 0 Å². The minimum Gasteiger partial charge on any atom is -0.309 e. The summed E-state index contributed by atoms with van der Waals surface area (Å²) < 4.78 is 37.7. The van der Waals surface area contributed by atoms with Crippen molar-refractivity contribution in [3.8, 4) is 0 Å². The molecule has 14 heavy (non-hydrogen) atoms. The zero-order valence-electron chi connectivity index (χ0n) is 7.08. The molecule has 0 aliphatic carbocycles. The Labute approximate surface area is 87.4 Å². The molecule has 0 saturated heterocycles. The maximum absolute atomic E-state index is 12.4. The SMILES string of the molecule is FC(F)(F)c1cc(Br)c2c(c1)CNC2. The van der Waals surface area contributed by atoms with Crippen molar-refractivity contribution in [3.05, 3.63) is 33.3 Å². The Bertz CT molecular complexity index is 373. The average Bonchev–Trinajstić information content (AvgIpc) is 2.50. The van der Waals surface area contributed by atoms with E-state index >= 15 is 0 Å². The first-order chi connectivity index (χ1) is 6.48. The van der Waals surface area contributed by atoms with Gasteiger partial charge in [0.15, 0.2) is 0 Å². The first-order valence-electron chi connectivity index (χ1n) is 4.07. The van der Waals surface area contributed by atoms with E-state index < -0.39 is 11.7 Å². The summed E-state index contributed by atoms with van der Waals surface area (Å²) in [4.78, 5) is 0. The molecule has 0 bridgehead atoms. The lowest BCUT2D eigenvalue weighted by atomic mass is 10.1. The second kappa shape index (κ2) is 3.24. The van der Waals surface area contributed by atoms with Crippen molar-refractivity contribution in [2.24, 2.45) is 0 Å². The van der Waals surface area contributed by atoms with Crippen LogP contribution in [0.5, 0.6) is 0 Å². The molecule has 0 spiro atoms. The molecule has 1 aromatic rings. The third-order valence-electron chi connectivity index (χ3n) is 2.23. The van der Waals surface area contributed by atoms with Crippen molar-refractivity contribution in [1.82, 2.24) is 5.32 Å². The highest BCUT2D eigenvalue weighted by molar-refractivity contribution is 9.10. The van der Waals surface area contributed by atoms with Gasteiger partial charge in [-0.1, -0.05) is 15.9 Å². The van der Waals surface area contributed by atoms with Gasteiger partial charge in [0.1, 0.15) is 0 Å². The molecular formula is C9H7BrF3N. The highest BCUT2D eigenvalue weighted by Gasteiger charge is 2.32. The molecule has 1 nitrogen and oxygen atoms in total. The minimum absolute atomic E-state index is 0.512. The van der Waals surface area contributed by atoms with E-state index in [0.717, 1.165) is 17.2 Å². The van der Waals surface area contributed by atoms with Crippen LogP contribution in [0.15, 0.2) is 16.6 Å². The van der Waals surface area contributed by atoms with E-state index in [1.165, 1.54) is 6.07 Å². The van der Waals surface area contributed by atoms with E-state index in [0.29, 0.717) is 17.6 Å². The van der Waals surface area contributed by atoms with Gasteiger partial charge in [-0.05, 0) is 23.3 Å². The molecule has 0 atom stereocenters. The molecule has 5 heteroatoms. The van der Waals surface area contributed by atoms with E-state index in [9.17, 15) is 13.2 Å². The topological polar surface area (TPSA) is 12.0 Å². The molecule has 0 saturated carbocycles. The van der Waals surface area contributed by atoms with Gasteiger partial charge in [0.2, 0.25) is 0 Å². The number of alkyl halides is 3. The number of hydrogen-bond donors (Lipinski definition) is 1. The van der Waals surface area contributed by atoms with E-state index in [2.05, 4.69) is 21.2 Å². The fourth-order valence-electron chi connectivity index (χ4n) is 1.54. The number of nitrogens with one attached hydrogen (secondary N) is 1. The summed E-state index contributed by atoms with van der Waals surface area (Å²) in [5, 5.41) is 3.01. The fourth-order valence-corrected chi connectivity index (χ4v) is 2.18. The molecule has 0 fully saturated rings. The Hall–Kier alpha value is -0.550. The maximum atomic E-state index is 12.4. The predicted octanol–water partition coefficient (Wildman–Crippen LogP) is 3.07. The van der Waals surface area contributed by atoms with Gasteiger partial charge in [0.25, 0.3) is 0 Å². The number of benzene rings is 1. The van der Waals surface area contributed by atoms with Crippen LogP contribution >= 0.6 is 15.9 Å². The van der Waals surface area contributed by atoms with Crippen molar-refractivity contribution < 1.29 is 13.2 Å². The molecule has 0 radical (unpaired) electrons. The van der Waals surface area contributed by atoms with Crippen LogP contribution in [0.1, 0.15) is 16.7 Å². The van der Waals surface area contributed by atoms with Crippen LogP contribution in [0.25, 0.3) is 0 Å². The zero-order valence-corrected chi connectivity index (χ0v) is 8.67. The van der Waals surface area contributed by atoms with Crippen molar-refractivity contribution in [2.75, 3.05) is 0 Å². The lowest BCUT2D eigenvalue weighted by molar-refractivity contribution is -0.137. The molecule has 1 heterocycles. The zero-order chi connectivity index (χ0) is 10.3. The molecule has 76 valence electrons. The predicted molar refractivity (Wildman–Crippen MR) is 49.7 cm³/mol. The summed E-state index contributed by atoms with van der Waals surface area (Å²) >= 11 is 3.15. The van der Waals surface area contributed by atoms with Crippen LogP contribution in [0.4, 0.5) is 13.2 Å². The summed E-state index contributed by atoms with van der Waals surface area (Å²) in [7, 11) is 0. The van der Waals surface area contributed by atoms with Crippen LogP contribution in [-0.4, -0.2) is 0 Å². The third kappa shape index (κ3) is 1.66. The summed E-state index contributed by atoms with van der Waals surface area (Å²) in [6.07, 6.45) is -4.26. The van der Waals surface area contributed by atoms with Gasteiger partial charge < -0.3 is 5.32 Å². The maximum Gasteiger partial charge on any atom is 0.416 e. The monoisotopic (exact) mass is 265 g/mol. The van der Waals surface area contributed by atoms with E-state index in [4.69, 9.17) is 0 Å². The van der Waals surface area contributed by atoms with Crippen molar-refractivity contribution in [3.63, 3.8) is 0 Å². The van der Waals surface area contributed by atoms with Gasteiger partial charge in [-0.2, -0.15) is 13.2 Å². The molecule has 1 aliphatic rings. The van der Waals surface area contributed by atoms with Crippen LogP contribution in [0.3, 0.4) is 0 Å². The number of rotatable bonds is 0. The van der Waals surface area contributed by atoms with Gasteiger partial charge in [-0.3, -0.25) is 0 Å². The lowest BCUT2D eigenvalue weighted by Crippen LogP contribution is -2.06. The minimum atomic E-state index is -4.26. The molecule has 1 aromatic carbocycles. The first-order valence-corrected chi connectivity index (χ1v) is 4.87. The summed E-state index contributed by atoms with van der Waals surface area (Å²) in [5.41, 5.74) is 1.07. The Kier molecular flexibility index (Phi) is 2.31. The lowest BCUT2D eigenvalue weighted by Gasteiger charge is -2.09. The second-order valence-corrected chi connectivity index (χ2v) is 4.05. The van der Waals surface area contributed by atoms with Crippen LogP contribution in [0, 0.1) is 0 Å². The van der Waals surface area contributed by atoms with Crippen molar-refractivity contribution >= 4 is 15.9 Å². The number of hydrogen-bond acceptors (Lipinski definition) is 1.